The Hall–Kier alpha value is -3.00. The number of nitrogens with one attached hydrogen (secondary N) is 3. The van der Waals surface area contributed by atoms with Crippen LogP contribution in [0.3, 0.4) is 0 Å². The summed E-state index contributed by atoms with van der Waals surface area (Å²) in [6.45, 7) is 7.32. The van der Waals surface area contributed by atoms with Crippen LogP contribution in [0.25, 0.3) is 0 Å². The Morgan fingerprint density at radius 1 is 0.974 bits per heavy atom. The number of hydrogen-bond donors (Lipinski definition) is 3. The molecule has 14 heteroatoms. The summed E-state index contributed by atoms with van der Waals surface area (Å²) >= 11 is 0. The second-order valence-electron chi connectivity index (χ2n) is 9.83. The Bertz CT molecular complexity index is 1150. The highest BCUT2D eigenvalue weighted by Gasteiger charge is 2.46. The molecule has 1 aliphatic heterocycles. The molecule has 1 fully saturated rings. The molecule has 38 heavy (non-hydrogen) atoms. The van der Waals surface area contributed by atoms with Crippen LogP contribution in [0.1, 0.15) is 47.5 Å². The van der Waals surface area contributed by atoms with Crippen LogP contribution in [0.5, 0.6) is 0 Å². The quantitative estimate of drug-likeness (QED) is 0.399. The van der Waals surface area contributed by atoms with Crippen LogP contribution < -0.4 is 15.4 Å². The van der Waals surface area contributed by atoms with E-state index >= 15 is 0 Å². The molecule has 0 radical (unpaired) electrons. The first-order valence-corrected chi connectivity index (χ1v) is 13.6. The van der Waals surface area contributed by atoms with E-state index in [-0.39, 0.29) is 23.8 Å². The maximum Gasteiger partial charge on any atom is 0.452 e. The molecule has 0 aliphatic carbocycles. The summed E-state index contributed by atoms with van der Waals surface area (Å²) in [5, 5.41) is 4.65. The summed E-state index contributed by atoms with van der Waals surface area (Å²) in [4.78, 5) is 50.3. The van der Waals surface area contributed by atoms with Gasteiger partial charge in [-0.25, -0.2) is 8.42 Å². The van der Waals surface area contributed by atoms with Crippen molar-refractivity contribution in [3.63, 3.8) is 0 Å². The summed E-state index contributed by atoms with van der Waals surface area (Å²) in [5.74, 6) is -5.45. The van der Waals surface area contributed by atoms with Crippen molar-refractivity contribution in [3.8, 4) is 0 Å². The molecule has 0 spiro atoms. The van der Waals surface area contributed by atoms with E-state index in [1.54, 1.807) is 13.8 Å². The van der Waals surface area contributed by atoms with Crippen molar-refractivity contribution in [1.82, 2.24) is 14.9 Å². The van der Waals surface area contributed by atoms with Gasteiger partial charge in [0, 0.05) is 19.2 Å². The molecule has 3 amide bonds. The number of alkyl halides is 3. The van der Waals surface area contributed by atoms with Gasteiger partial charge in [0.15, 0.2) is 0 Å². The molecule has 0 bridgehead atoms. The highest BCUT2D eigenvalue weighted by Crippen LogP contribution is 2.25. The Morgan fingerprint density at radius 2 is 1.53 bits per heavy atom. The summed E-state index contributed by atoms with van der Waals surface area (Å²) in [7, 11) is -4.20. The van der Waals surface area contributed by atoms with Crippen molar-refractivity contribution in [1.29, 1.82) is 0 Å². The molecule has 1 heterocycles. The normalized spacial score (nSPS) is 17.8. The van der Waals surface area contributed by atoms with E-state index in [2.05, 4.69) is 15.4 Å². The summed E-state index contributed by atoms with van der Waals surface area (Å²) in [6, 6.07) is 1.03. The summed E-state index contributed by atoms with van der Waals surface area (Å²) < 4.78 is 67.4. The summed E-state index contributed by atoms with van der Waals surface area (Å²) in [6.07, 6.45) is -4.63. The van der Waals surface area contributed by atoms with Crippen molar-refractivity contribution < 1.29 is 40.8 Å². The number of carbonyl (C=O) groups excluding carboxylic acids is 4. The maximum atomic E-state index is 13.4. The van der Waals surface area contributed by atoms with Gasteiger partial charge >= 0.3 is 6.18 Å². The van der Waals surface area contributed by atoms with Crippen LogP contribution in [0.15, 0.2) is 29.2 Å². The fourth-order valence-corrected chi connectivity index (χ4v) is 5.41. The van der Waals surface area contributed by atoms with Gasteiger partial charge in [0.05, 0.1) is 10.9 Å². The second kappa shape index (κ2) is 12.2. The van der Waals surface area contributed by atoms with Gasteiger partial charge in [-0.3, -0.25) is 19.2 Å². The number of anilines is 1. The Balaban J connectivity index is 2.23. The van der Waals surface area contributed by atoms with E-state index in [4.69, 9.17) is 0 Å². The van der Waals surface area contributed by atoms with Crippen molar-refractivity contribution in [2.45, 2.75) is 76.7 Å². The zero-order valence-corrected chi connectivity index (χ0v) is 22.6. The van der Waals surface area contributed by atoms with Gasteiger partial charge in [-0.15, -0.1) is 0 Å². The largest absolute Gasteiger partial charge is 0.452 e. The monoisotopic (exact) mass is 562 g/mol. The number of nitrogens with zero attached hydrogens (tertiary/aromatic N) is 1. The van der Waals surface area contributed by atoms with Crippen LogP contribution in [0.2, 0.25) is 0 Å². The van der Waals surface area contributed by atoms with Gasteiger partial charge in [0.1, 0.15) is 12.1 Å². The number of benzene rings is 1. The van der Waals surface area contributed by atoms with Crippen LogP contribution in [-0.4, -0.2) is 67.7 Å². The molecule has 2 rings (SSSR count). The van der Waals surface area contributed by atoms with Gasteiger partial charge in [-0.05, 0) is 48.9 Å². The van der Waals surface area contributed by atoms with E-state index < -0.39 is 63.8 Å². The molecule has 2 unspecified atom stereocenters. The lowest BCUT2D eigenvalue weighted by Gasteiger charge is -2.31. The minimum absolute atomic E-state index is 0.0901. The molecule has 10 nitrogen and oxygen atoms in total. The topological polar surface area (TPSA) is 142 Å². The lowest BCUT2D eigenvalue weighted by atomic mass is 9.98. The van der Waals surface area contributed by atoms with Gasteiger partial charge in [-0.2, -0.15) is 17.9 Å². The number of rotatable bonds is 10. The van der Waals surface area contributed by atoms with E-state index in [1.165, 1.54) is 45.0 Å². The fourth-order valence-electron chi connectivity index (χ4n) is 4.07. The number of amides is 3. The Kier molecular flexibility index (Phi) is 10.1. The Labute approximate surface area is 219 Å². The zero-order chi connectivity index (χ0) is 29.0. The predicted molar refractivity (Wildman–Crippen MR) is 132 cm³/mol. The van der Waals surface area contributed by atoms with Crippen molar-refractivity contribution >= 4 is 39.2 Å². The minimum atomic E-state index is -5.14. The average molecular weight is 563 g/mol. The van der Waals surface area contributed by atoms with Crippen molar-refractivity contribution in [3.05, 3.63) is 24.3 Å². The SMILES string of the molecule is CC(=O)Nc1ccc(S(=O)(=O)N[C@H](C(=O)N2CCCC2C(=O)NC(C(=O)C(F)(F)F)C(C)C)C(C)C)cc1. The molecule has 1 aromatic carbocycles. The number of halogens is 3. The zero-order valence-electron chi connectivity index (χ0n) is 21.8. The molecule has 3 N–H and O–H groups in total. The standard InChI is InChI=1S/C24H33F3N4O6S/c1-13(2)19(21(33)24(25,26)27)29-22(34)18-7-6-12-31(18)23(35)20(14(3)4)30-38(36,37)17-10-8-16(9-11-17)28-15(5)32/h8-11,13-14,18-20,30H,6-7,12H2,1-5H3,(H,28,32)(H,29,34)/t18?,19?,20-/m0/s1. The third-order valence-corrected chi connectivity index (χ3v) is 7.52. The molecule has 0 aromatic heterocycles. The molecule has 1 saturated heterocycles. The van der Waals surface area contributed by atoms with Crippen LogP contribution in [0, 0.1) is 11.8 Å². The minimum Gasteiger partial charge on any atom is -0.344 e. The predicted octanol–water partition coefficient (Wildman–Crippen LogP) is 2.21. The highest BCUT2D eigenvalue weighted by atomic mass is 32.2. The average Bonchev–Trinajstić information content (AvgIpc) is 3.29. The van der Waals surface area contributed by atoms with E-state index in [1.807, 2.05) is 0 Å². The number of Topliss-reactive ketones (excluding diaryl/α,β-unsaturated/α-hetero) is 1. The van der Waals surface area contributed by atoms with Gasteiger partial charge in [-0.1, -0.05) is 27.7 Å². The van der Waals surface area contributed by atoms with Gasteiger partial charge < -0.3 is 15.5 Å². The number of hydrogen-bond acceptors (Lipinski definition) is 6. The first kappa shape index (κ1) is 31.2. The third kappa shape index (κ3) is 7.76. The molecule has 1 aromatic rings. The molecule has 1 aliphatic rings. The number of carbonyl (C=O) groups is 4. The van der Waals surface area contributed by atoms with E-state index in [0.29, 0.717) is 12.1 Å². The fraction of sp³-hybridized carbons (Fsp3) is 0.583. The number of ketones is 1. The number of likely N-dealkylation sites (tertiary alicyclic amines) is 1. The molecular formula is C24H33F3N4O6S. The number of sulfonamides is 1. The van der Waals surface area contributed by atoms with Gasteiger partial charge in [0.2, 0.25) is 27.7 Å². The van der Waals surface area contributed by atoms with Crippen LogP contribution in [0.4, 0.5) is 18.9 Å². The first-order valence-electron chi connectivity index (χ1n) is 12.1. The molecular weight excluding hydrogens is 529 g/mol. The van der Waals surface area contributed by atoms with Crippen molar-refractivity contribution in [2.75, 3.05) is 11.9 Å². The molecule has 0 saturated carbocycles. The highest BCUT2D eigenvalue weighted by molar-refractivity contribution is 7.89. The lowest BCUT2D eigenvalue weighted by Crippen LogP contribution is -2.58. The Morgan fingerprint density at radius 3 is 2.00 bits per heavy atom. The van der Waals surface area contributed by atoms with Crippen LogP contribution in [-0.2, 0) is 29.2 Å². The third-order valence-electron chi connectivity index (χ3n) is 6.06. The van der Waals surface area contributed by atoms with Crippen molar-refractivity contribution in [2.24, 2.45) is 11.8 Å². The molecule has 3 atom stereocenters. The maximum absolute atomic E-state index is 13.4. The molecule has 212 valence electrons. The van der Waals surface area contributed by atoms with E-state index in [9.17, 15) is 40.8 Å². The lowest BCUT2D eigenvalue weighted by molar-refractivity contribution is -0.175. The van der Waals surface area contributed by atoms with E-state index in [0.717, 1.165) is 4.90 Å². The van der Waals surface area contributed by atoms with Gasteiger partial charge in [0.25, 0.3) is 5.78 Å². The van der Waals surface area contributed by atoms with Crippen LogP contribution >= 0.6 is 0 Å². The smallest absolute Gasteiger partial charge is 0.344 e. The summed E-state index contributed by atoms with van der Waals surface area (Å²) in [5.41, 5.74) is 0.377. The first-order chi connectivity index (χ1) is 17.5. The second-order valence-corrected chi connectivity index (χ2v) is 11.5.